The van der Waals surface area contributed by atoms with Crippen LogP contribution in [0.5, 0.6) is 5.75 Å². The number of ether oxygens (including phenoxy) is 1. The smallest absolute Gasteiger partial charge is 0.261 e. The summed E-state index contributed by atoms with van der Waals surface area (Å²) in [6.45, 7) is 8.77. The molecule has 162 valence electrons. The van der Waals surface area contributed by atoms with E-state index in [9.17, 15) is 9.59 Å². The SMILES string of the molecule is CCC(C(=O)NCC(C)C)N(Cc1ccc(C)cc1)C(=O)COc1ccc(Cl)cc1. The third kappa shape index (κ3) is 7.38. The molecule has 5 nitrogen and oxygen atoms in total. The summed E-state index contributed by atoms with van der Waals surface area (Å²) in [6.07, 6.45) is 0.516. The van der Waals surface area contributed by atoms with E-state index in [1.54, 1.807) is 29.2 Å². The van der Waals surface area contributed by atoms with Crippen LogP contribution in [0, 0.1) is 12.8 Å². The Morgan fingerprint density at radius 3 is 2.27 bits per heavy atom. The lowest BCUT2D eigenvalue weighted by Crippen LogP contribution is -2.50. The normalized spacial score (nSPS) is 11.8. The monoisotopic (exact) mass is 430 g/mol. The molecule has 0 aromatic heterocycles. The number of nitrogens with one attached hydrogen (secondary N) is 1. The van der Waals surface area contributed by atoms with E-state index in [1.165, 1.54) is 0 Å². The molecule has 0 aliphatic rings. The highest BCUT2D eigenvalue weighted by Crippen LogP contribution is 2.17. The van der Waals surface area contributed by atoms with Crippen LogP contribution in [-0.4, -0.2) is 35.9 Å². The first-order valence-corrected chi connectivity index (χ1v) is 10.7. The molecule has 2 amide bonds. The molecule has 0 saturated carbocycles. The topological polar surface area (TPSA) is 58.6 Å². The number of carbonyl (C=O) groups is 2. The van der Waals surface area contributed by atoms with Gasteiger partial charge in [0, 0.05) is 18.1 Å². The van der Waals surface area contributed by atoms with Gasteiger partial charge in [-0.1, -0.05) is 62.2 Å². The summed E-state index contributed by atoms with van der Waals surface area (Å²) in [5.74, 6) is 0.511. The van der Waals surface area contributed by atoms with E-state index in [0.717, 1.165) is 11.1 Å². The maximum atomic E-state index is 13.1. The van der Waals surface area contributed by atoms with Gasteiger partial charge in [-0.25, -0.2) is 0 Å². The average molecular weight is 431 g/mol. The third-order valence-electron chi connectivity index (χ3n) is 4.72. The molecule has 0 spiro atoms. The Morgan fingerprint density at radius 1 is 1.07 bits per heavy atom. The second-order valence-electron chi connectivity index (χ2n) is 7.81. The van der Waals surface area contributed by atoms with Gasteiger partial charge in [0.05, 0.1) is 0 Å². The molecule has 0 aliphatic heterocycles. The predicted molar refractivity (Wildman–Crippen MR) is 121 cm³/mol. The standard InChI is InChI=1S/C24H31ClN2O3/c1-5-22(24(29)26-14-17(2)3)27(15-19-8-6-18(4)7-9-19)23(28)16-30-21-12-10-20(25)11-13-21/h6-13,17,22H,5,14-16H2,1-4H3,(H,26,29). The second kappa shape index (κ2) is 11.6. The maximum absolute atomic E-state index is 13.1. The van der Waals surface area contributed by atoms with Crippen LogP contribution < -0.4 is 10.1 Å². The molecule has 1 unspecified atom stereocenters. The van der Waals surface area contributed by atoms with Gasteiger partial charge in [-0.15, -0.1) is 0 Å². The first-order valence-electron chi connectivity index (χ1n) is 10.3. The molecule has 2 aromatic rings. The van der Waals surface area contributed by atoms with Crippen LogP contribution in [-0.2, 0) is 16.1 Å². The zero-order valence-electron chi connectivity index (χ0n) is 18.2. The molecule has 0 aliphatic carbocycles. The summed E-state index contributed by atoms with van der Waals surface area (Å²) < 4.78 is 5.65. The number of carbonyl (C=O) groups excluding carboxylic acids is 2. The van der Waals surface area contributed by atoms with Gasteiger partial charge < -0.3 is 15.0 Å². The lowest BCUT2D eigenvalue weighted by atomic mass is 10.1. The van der Waals surface area contributed by atoms with Crippen molar-refractivity contribution >= 4 is 23.4 Å². The zero-order valence-corrected chi connectivity index (χ0v) is 18.9. The number of aryl methyl sites for hydroxylation is 1. The van der Waals surface area contributed by atoms with Crippen LogP contribution in [0.25, 0.3) is 0 Å². The minimum atomic E-state index is -0.564. The first-order chi connectivity index (χ1) is 14.3. The molecule has 30 heavy (non-hydrogen) atoms. The highest BCUT2D eigenvalue weighted by Gasteiger charge is 2.29. The Labute approximate surface area is 184 Å². The molecule has 0 bridgehead atoms. The fraction of sp³-hybridized carbons (Fsp3) is 0.417. The summed E-state index contributed by atoms with van der Waals surface area (Å²) >= 11 is 5.90. The van der Waals surface area contributed by atoms with Crippen LogP contribution in [0.4, 0.5) is 0 Å². The van der Waals surface area contributed by atoms with Crippen molar-refractivity contribution in [1.29, 1.82) is 0 Å². The van der Waals surface area contributed by atoms with Gasteiger partial charge in [0.25, 0.3) is 5.91 Å². The number of hydrogen-bond donors (Lipinski definition) is 1. The van der Waals surface area contributed by atoms with Crippen molar-refractivity contribution in [3.63, 3.8) is 0 Å². The van der Waals surface area contributed by atoms with Crippen LogP contribution in [0.2, 0.25) is 5.02 Å². The van der Waals surface area contributed by atoms with E-state index in [4.69, 9.17) is 16.3 Å². The van der Waals surface area contributed by atoms with Crippen LogP contribution in [0.15, 0.2) is 48.5 Å². The minimum absolute atomic E-state index is 0.141. The van der Waals surface area contributed by atoms with E-state index in [-0.39, 0.29) is 18.4 Å². The van der Waals surface area contributed by atoms with Crippen molar-refractivity contribution in [3.05, 3.63) is 64.7 Å². The molecule has 0 radical (unpaired) electrons. The number of halogens is 1. The average Bonchev–Trinajstić information content (AvgIpc) is 2.72. The molecule has 1 atom stereocenters. The number of hydrogen-bond acceptors (Lipinski definition) is 3. The Hall–Kier alpha value is -2.53. The number of nitrogens with zero attached hydrogens (tertiary/aromatic N) is 1. The van der Waals surface area contributed by atoms with Gasteiger partial charge >= 0.3 is 0 Å². The van der Waals surface area contributed by atoms with Gasteiger partial charge in [-0.2, -0.15) is 0 Å². The highest BCUT2D eigenvalue weighted by atomic mass is 35.5. The van der Waals surface area contributed by atoms with Gasteiger partial charge in [-0.05, 0) is 49.1 Å². The molecule has 0 fully saturated rings. The van der Waals surface area contributed by atoms with Crippen molar-refractivity contribution in [2.24, 2.45) is 5.92 Å². The predicted octanol–water partition coefficient (Wildman–Crippen LogP) is 4.61. The van der Waals surface area contributed by atoms with Crippen molar-refractivity contribution in [3.8, 4) is 5.75 Å². The van der Waals surface area contributed by atoms with Gasteiger partial charge in [0.15, 0.2) is 6.61 Å². The molecule has 2 rings (SSSR count). The highest BCUT2D eigenvalue weighted by molar-refractivity contribution is 6.30. The van der Waals surface area contributed by atoms with E-state index >= 15 is 0 Å². The van der Waals surface area contributed by atoms with Crippen molar-refractivity contribution in [2.45, 2.75) is 46.7 Å². The number of benzene rings is 2. The Bertz CT molecular complexity index is 819. The van der Waals surface area contributed by atoms with Crippen molar-refractivity contribution in [1.82, 2.24) is 10.2 Å². The van der Waals surface area contributed by atoms with Crippen LogP contribution in [0.3, 0.4) is 0 Å². The summed E-state index contributed by atoms with van der Waals surface area (Å²) in [5, 5.41) is 3.55. The van der Waals surface area contributed by atoms with Crippen LogP contribution >= 0.6 is 11.6 Å². The van der Waals surface area contributed by atoms with Crippen molar-refractivity contribution in [2.75, 3.05) is 13.2 Å². The lowest BCUT2D eigenvalue weighted by Gasteiger charge is -2.31. The maximum Gasteiger partial charge on any atom is 0.261 e. The van der Waals surface area contributed by atoms with E-state index in [0.29, 0.717) is 36.2 Å². The van der Waals surface area contributed by atoms with Gasteiger partial charge in [0.2, 0.25) is 5.91 Å². The minimum Gasteiger partial charge on any atom is -0.484 e. The summed E-state index contributed by atoms with van der Waals surface area (Å²) in [5.41, 5.74) is 2.11. The van der Waals surface area contributed by atoms with E-state index < -0.39 is 6.04 Å². The Balaban J connectivity index is 2.17. The Kier molecular flexibility index (Phi) is 9.18. The molecule has 2 aromatic carbocycles. The van der Waals surface area contributed by atoms with E-state index in [2.05, 4.69) is 5.32 Å². The summed E-state index contributed by atoms with van der Waals surface area (Å²) in [6, 6.07) is 14.2. The molecule has 0 saturated heterocycles. The quantitative estimate of drug-likeness (QED) is 0.598. The first kappa shape index (κ1) is 23.7. The summed E-state index contributed by atoms with van der Waals surface area (Å²) in [7, 11) is 0. The molecule has 6 heteroatoms. The molecule has 1 N–H and O–H groups in total. The summed E-state index contributed by atoms with van der Waals surface area (Å²) in [4.78, 5) is 27.5. The van der Waals surface area contributed by atoms with Crippen LogP contribution in [0.1, 0.15) is 38.3 Å². The number of amides is 2. The van der Waals surface area contributed by atoms with Gasteiger partial charge in [-0.3, -0.25) is 9.59 Å². The molecular formula is C24H31ClN2O3. The molecular weight excluding hydrogens is 400 g/mol. The van der Waals surface area contributed by atoms with Gasteiger partial charge in [0.1, 0.15) is 11.8 Å². The lowest BCUT2D eigenvalue weighted by molar-refractivity contribution is -0.143. The zero-order chi connectivity index (χ0) is 22.1. The fourth-order valence-corrected chi connectivity index (χ4v) is 3.12. The second-order valence-corrected chi connectivity index (χ2v) is 8.25. The largest absolute Gasteiger partial charge is 0.484 e. The fourth-order valence-electron chi connectivity index (χ4n) is 2.99. The van der Waals surface area contributed by atoms with E-state index in [1.807, 2.05) is 52.0 Å². The Morgan fingerprint density at radius 2 is 1.70 bits per heavy atom. The molecule has 0 heterocycles. The number of rotatable bonds is 10. The third-order valence-corrected chi connectivity index (χ3v) is 4.97. The van der Waals surface area contributed by atoms with Crippen molar-refractivity contribution < 1.29 is 14.3 Å².